The summed E-state index contributed by atoms with van der Waals surface area (Å²) in [5.74, 6) is 1.26. The molecule has 1 aromatic heterocycles. The molecule has 1 aromatic rings. The number of amides is 1. The molecule has 1 saturated heterocycles. The smallest absolute Gasteiger partial charge is 0.264 e. The zero-order chi connectivity index (χ0) is 13.8. The van der Waals surface area contributed by atoms with Gasteiger partial charge in [-0.25, -0.2) is 0 Å². The van der Waals surface area contributed by atoms with Crippen molar-refractivity contribution < 1.29 is 4.79 Å². The number of carbonyl (C=O) groups is 1. The van der Waals surface area contributed by atoms with Crippen LogP contribution in [0, 0.1) is 5.92 Å². The molecule has 2 rings (SSSR count). The Hall–Kier alpha value is -0.870. The number of thiophene rings is 1. The molecule has 3 nitrogen and oxygen atoms in total. The lowest BCUT2D eigenvalue weighted by Gasteiger charge is -2.32. The normalized spacial score (nSPS) is 20.0. The fraction of sp³-hybridized carbons (Fsp3) is 0.667. The van der Waals surface area contributed by atoms with Crippen LogP contribution >= 0.6 is 11.3 Å². The zero-order valence-corrected chi connectivity index (χ0v) is 12.9. The maximum Gasteiger partial charge on any atom is 0.264 e. The van der Waals surface area contributed by atoms with Gasteiger partial charge in [0, 0.05) is 13.1 Å². The van der Waals surface area contributed by atoms with Gasteiger partial charge in [-0.05, 0) is 55.3 Å². The van der Waals surface area contributed by atoms with E-state index in [-0.39, 0.29) is 5.91 Å². The number of likely N-dealkylation sites (tertiary alicyclic amines) is 1. The molecule has 1 amide bonds. The first-order valence-electron chi connectivity index (χ1n) is 7.14. The van der Waals surface area contributed by atoms with Crippen LogP contribution in [-0.4, -0.2) is 37.5 Å². The largest absolute Gasteiger partial charge is 0.338 e. The fourth-order valence-corrected chi connectivity index (χ4v) is 3.82. The minimum Gasteiger partial charge on any atom is -0.338 e. The summed E-state index contributed by atoms with van der Waals surface area (Å²) in [7, 11) is 1.98. The molecule has 106 valence electrons. The third kappa shape index (κ3) is 3.37. The number of piperidine rings is 1. The van der Waals surface area contributed by atoms with Crippen molar-refractivity contribution in [2.24, 2.45) is 5.92 Å². The minimum atomic E-state index is 0.236. The van der Waals surface area contributed by atoms with Crippen molar-refractivity contribution >= 4 is 17.2 Å². The molecule has 19 heavy (non-hydrogen) atoms. The van der Waals surface area contributed by atoms with Gasteiger partial charge in [0.05, 0.1) is 4.88 Å². The highest BCUT2D eigenvalue weighted by molar-refractivity contribution is 7.12. The Morgan fingerprint density at radius 2 is 2.37 bits per heavy atom. The molecular formula is C15H24N2OS. The van der Waals surface area contributed by atoms with Crippen LogP contribution in [0.3, 0.4) is 0 Å². The lowest BCUT2D eigenvalue weighted by Crippen LogP contribution is -2.42. The summed E-state index contributed by atoms with van der Waals surface area (Å²) in [6.07, 6.45) is 2.35. The summed E-state index contributed by atoms with van der Waals surface area (Å²) < 4.78 is 0. The van der Waals surface area contributed by atoms with Crippen LogP contribution < -0.4 is 5.32 Å². The first-order valence-corrected chi connectivity index (χ1v) is 8.02. The van der Waals surface area contributed by atoms with Crippen molar-refractivity contribution in [1.29, 1.82) is 0 Å². The molecule has 0 spiro atoms. The molecule has 1 fully saturated rings. The predicted molar refractivity (Wildman–Crippen MR) is 81.0 cm³/mol. The molecule has 1 N–H and O–H groups in total. The summed E-state index contributed by atoms with van der Waals surface area (Å²) in [4.78, 5) is 15.6. The van der Waals surface area contributed by atoms with Gasteiger partial charge >= 0.3 is 0 Å². The van der Waals surface area contributed by atoms with Crippen molar-refractivity contribution in [3.8, 4) is 0 Å². The van der Waals surface area contributed by atoms with E-state index >= 15 is 0 Å². The average molecular weight is 280 g/mol. The topological polar surface area (TPSA) is 32.3 Å². The van der Waals surface area contributed by atoms with Crippen molar-refractivity contribution in [3.05, 3.63) is 21.9 Å². The van der Waals surface area contributed by atoms with Crippen LogP contribution in [-0.2, 0) is 0 Å². The number of nitrogens with zero attached hydrogens (tertiary/aromatic N) is 1. The van der Waals surface area contributed by atoms with Gasteiger partial charge in [-0.1, -0.05) is 13.8 Å². The first kappa shape index (κ1) is 14.5. The molecule has 2 heterocycles. The molecule has 4 heteroatoms. The standard InChI is InChI=1S/C15H24N2OS/c1-11(2)13-6-8-19-14(13)15(18)17-7-4-5-12(10-17)9-16-3/h6,8,11-12,16H,4-5,7,9-10H2,1-3H3/t12-/m1/s1. The van der Waals surface area contributed by atoms with E-state index < -0.39 is 0 Å². The van der Waals surface area contributed by atoms with E-state index in [0.29, 0.717) is 11.8 Å². The number of rotatable bonds is 4. The second-order valence-corrected chi connectivity index (χ2v) is 6.59. The summed E-state index contributed by atoms with van der Waals surface area (Å²) in [5, 5.41) is 5.27. The Kier molecular flexibility index (Phi) is 4.99. The second kappa shape index (κ2) is 6.53. The predicted octanol–water partition coefficient (Wildman–Crippen LogP) is 2.94. The Morgan fingerprint density at radius 3 is 3.05 bits per heavy atom. The van der Waals surface area contributed by atoms with E-state index in [1.165, 1.54) is 12.0 Å². The number of hydrogen-bond acceptors (Lipinski definition) is 3. The zero-order valence-electron chi connectivity index (χ0n) is 12.1. The number of nitrogens with one attached hydrogen (secondary N) is 1. The van der Waals surface area contributed by atoms with Gasteiger partial charge in [-0.3, -0.25) is 4.79 Å². The Morgan fingerprint density at radius 1 is 1.58 bits per heavy atom. The third-order valence-corrected chi connectivity index (χ3v) is 4.73. The Labute approximate surface area is 120 Å². The van der Waals surface area contributed by atoms with Crippen molar-refractivity contribution in [1.82, 2.24) is 10.2 Å². The molecule has 0 aromatic carbocycles. The fourth-order valence-electron chi connectivity index (χ4n) is 2.80. The summed E-state index contributed by atoms with van der Waals surface area (Å²) in [6.45, 7) is 7.12. The van der Waals surface area contributed by atoms with Crippen LogP contribution in [0.15, 0.2) is 11.4 Å². The van der Waals surface area contributed by atoms with Crippen LogP contribution in [0.1, 0.15) is 47.8 Å². The Bertz CT molecular complexity index is 426. The monoisotopic (exact) mass is 280 g/mol. The van der Waals surface area contributed by atoms with Gasteiger partial charge < -0.3 is 10.2 Å². The summed E-state index contributed by atoms with van der Waals surface area (Å²) in [6, 6.07) is 2.09. The molecule has 0 radical (unpaired) electrons. The van der Waals surface area contributed by atoms with Crippen LogP contribution in [0.5, 0.6) is 0 Å². The molecule has 1 atom stereocenters. The van der Waals surface area contributed by atoms with E-state index in [9.17, 15) is 4.79 Å². The number of hydrogen-bond donors (Lipinski definition) is 1. The van der Waals surface area contributed by atoms with Gasteiger partial charge in [0.25, 0.3) is 5.91 Å². The Balaban J connectivity index is 2.08. The second-order valence-electron chi connectivity index (χ2n) is 5.68. The lowest BCUT2D eigenvalue weighted by molar-refractivity contribution is 0.0678. The maximum atomic E-state index is 12.7. The van der Waals surface area contributed by atoms with Gasteiger partial charge in [0.2, 0.25) is 0 Å². The minimum absolute atomic E-state index is 0.236. The van der Waals surface area contributed by atoms with E-state index in [1.807, 2.05) is 17.3 Å². The molecule has 0 aliphatic carbocycles. The van der Waals surface area contributed by atoms with Crippen molar-refractivity contribution in [3.63, 3.8) is 0 Å². The highest BCUT2D eigenvalue weighted by Crippen LogP contribution is 2.27. The van der Waals surface area contributed by atoms with Crippen molar-refractivity contribution in [2.45, 2.75) is 32.6 Å². The molecule has 0 bridgehead atoms. The lowest BCUT2D eigenvalue weighted by atomic mass is 9.97. The van der Waals surface area contributed by atoms with Crippen molar-refractivity contribution in [2.75, 3.05) is 26.7 Å². The molecule has 0 saturated carbocycles. The highest BCUT2D eigenvalue weighted by Gasteiger charge is 2.26. The van der Waals surface area contributed by atoms with E-state index in [2.05, 4.69) is 25.2 Å². The van der Waals surface area contributed by atoms with E-state index in [1.54, 1.807) is 11.3 Å². The van der Waals surface area contributed by atoms with E-state index in [0.717, 1.165) is 30.9 Å². The van der Waals surface area contributed by atoms with Gasteiger partial charge in [0.1, 0.15) is 0 Å². The maximum absolute atomic E-state index is 12.7. The molecule has 1 aliphatic rings. The van der Waals surface area contributed by atoms with Crippen LogP contribution in [0.25, 0.3) is 0 Å². The third-order valence-electron chi connectivity index (χ3n) is 3.81. The number of carbonyl (C=O) groups excluding carboxylic acids is 1. The molecule has 1 aliphatic heterocycles. The summed E-state index contributed by atoms with van der Waals surface area (Å²) >= 11 is 1.59. The van der Waals surface area contributed by atoms with Gasteiger partial charge in [-0.15, -0.1) is 11.3 Å². The average Bonchev–Trinajstić information content (AvgIpc) is 2.88. The SMILES string of the molecule is CNC[C@H]1CCCN(C(=O)c2sccc2C(C)C)C1. The summed E-state index contributed by atoms with van der Waals surface area (Å²) in [5.41, 5.74) is 1.20. The van der Waals surface area contributed by atoms with E-state index in [4.69, 9.17) is 0 Å². The molecule has 0 unspecified atom stereocenters. The van der Waals surface area contributed by atoms with Gasteiger partial charge in [-0.2, -0.15) is 0 Å². The first-order chi connectivity index (χ1) is 9.13. The quantitative estimate of drug-likeness (QED) is 0.919. The molecular weight excluding hydrogens is 256 g/mol. The van der Waals surface area contributed by atoms with Gasteiger partial charge in [0.15, 0.2) is 0 Å². The van der Waals surface area contributed by atoms with Crippen LogP contribution in [0.2, 0.25) is 0 Å². The highest BCUT2D eigenvalue weighted by atomic mass is 32.1. The van der Waals surface area contributed by atoms with Crippen LogP contribution in [0.4, 0.5) is 0 Å².